The lowest BCUT2D eigenvalue weighted by Crippen LogP contribution is -3.15. The lowest BCUT2D eigenvalue weighted by molar-refractivity contribution is -0.943. The van der Waals surface area contributed by atoms with Crippen LogP contribution in [0.4, 0.5) is 0 Å². The monoisotopic (exact) mass is 368 g/mol. The topological polar surface area (TPSA) is 69.5 Å². The number of hydrogen-bond acceptors (Lipinski definition) is 5. The first-order chi connectivity index (χ1) is 11.5. The molecule has 1 aromatic carbocycles. The maximum Gasteiger partial charge on any atom is 0.291 e. The van der Waals surface area contributed by atoms with E-state index in [-0.39, 0.29) is 17.5 Å². The van der Waals surface area contributed by atoms with E-state index in [1.807, 2.05) is 30.3 Å². The summed E-state index contributed by atoms with van der Waals surface area (Å²) >= 11 is 5.28. The fourth-order valence-electron chi connectivity index (χ4n) is 3.13. The lowest BCUT2D eigenvalue weighted by atomic mass is 10.2. The second kappa shape index (κ2) is 7.16. The Morgan fingerprint density at radius 3 is 2.75 bits per heavy atom. The van der Waals surface area contributed by atoms with Crippen LogP contribution in [0.15, 0.2) is 34.7 Å². The molecule has 130 valence electrons. The normalized spacial score (nSPS) is 21.0. The third-order valence-corrected chi connectivity index (χ3v) is 6.53. The van der Waals surface area contributed by atoms with Crippen LogP contribution in [0.25, 0.3) is 0 Å². The highest BCUT2D eigenvalue weighted by atomic mass is 32.2. The molecule has 8 heteroatoms. The van der Waals surface area contributed by atoms with E-state index in [0.29, 0.717) is 30.2 Å². The Bertz CT molecular complexity index is 843. The average molecular weight is 369 g/mol. The number of aromatic nitrogens is 2. The van der Waals surface area contributed by atoms with Gasteiger partial charge in [0, 0.05) is 6.42 Å². The van der Waals surface area contributed by atoms with Crippen molar-refractivity contribution in [1.82, 2.24) is 9.78 Å². The summed E-state index contributed by atoms with van der Waals surface area (Å²) in [6.45, 7) is 3.41. The van der Waals surface area contributed by atoms with E-state index in [1.165, 1.54) is 4.90 Å². The molecule has 0 radical (unpaired) electrons. The van der Waals surface area contributed by atoms with Gasteiger partial charge in [-0.05, 0) is 24.7 Å². The molecule has 2 atom stereocenters. The van der Waals surface area contributed by atoms with Crippen LogP contribution >= 0.6 is 12.2 Å². The Morgan fingerprint density at radius 2 is 2.12 bits per heavy atom. The van der Waals surface area contributed by atoms with Gasteiger partial charge in [-0.15, -0.1) is 5.10 Å². The fourth-order valence-corrected chi connectivity index (χ4v) is 5.16. The molecule has 0 saturated carbocycles. The van der Waals surface area contributed by atoms with Gasteiger partial charge in [0.1, 0.15) is 11.8 Å². The van der Waals surface area contributed by atoms with Crippen LogP contribution in [0.2, 0.25) is 0 Å². The first kappa shape index (κ1) is 17.3. The molecular weight excluding hydrogens is 346 g/mol. The summed E-state index contributed by atoms with van der Waals surface area (Å²) in [5.74, 6) is 1.11. The zero-order valence-corrected chi connectivity index (χ0v) is 15.3. The molecule has 0 bridgehead atoms. The van der Waals surface area contributed by atoms with Crippen molar-refractivity contribution in [1.29, 1.82) is 0 Å². The summed E-state index contributed by atoms with van der Waals surface area (Å²) in [7, 11) is -2.89. The van der Waals surface area contributed by atoms with Crippen LogP contribution in [0, 0.1) is 4.84 Å². The number of quaternary nitrogens is 1. The SMILES string of the molecule is CC[NH+](Cn1nc(Cc2ccccc2)oc1=S)[C@H]1CCS(=O)(=O)C1. The quantitative estimate of drug-likeness (QED) is 0.766. The zero-order chi connectivity index (χ0) is 17.2. The Labute approximate surface area is 147 Å². The first-order valence-corrected chi connectivity index (χ1v) is 10.4. The summed E-state index contributed by atoms with van der Waals surface area (Å²) in [5, 5.41) is 4.48. The third-order valence-electron chi connectivity index (χ3n) is 4.46. The summed E-state index contributed by atoms with van der Waals surface area (Å²) in [6.07, 6.45) is 1.30. The third kappa shape index (κ3) is 4.12. The van der Waals surface area contributed by atoms with E-state index in [9.17, 15) is 8.42 Å². The van der Waals surface area contributed by atoms with Crippen molar-refractivity contribution in [2.75, 3.05) is 18.1 Å². The Hall–Kier alpha value is -1.51. The van der Waals surface area contributed by atoms with Crippen LogP contribution in [0.3, 0.4) is 0 Å². The minimum absolute atomic E-state index is 0.108. The second-order valence-electron chi connectivity index (χ2n) is 6.19. The van der Waals surface area contributed by atoms with Crippen molar-refractivity contribution in [3.05, 3.63) is 46.6 Å². The maximum atomic E-state index is 11.7. The van der Waals surface area contributed by atoms with Gasteiger partial charge in [0.2, 0.25) is 5.89 Å². The highest BCUT2D eigenvalue weighted by Crippen LogP contribution is 2.10. The molecule has 2 heterocycles. The zero-order valence-electron chi connectivity index (χ0n) is 13.6. The van der Waals surface area contributed by atoms with Gasteiger partial charge in [0.05, 0.1) is 18.7 Å². The first-order valence-electron chi connectivity index (χ1n) is 8.12. The Morgan fingerprint density at radius 1 is 1.38 bits per heavy atom. The van der Waals surface area contributed by atoms with Crippen LogP contribution in [-0.4, -0.2) is 42.3 Å². The molecule has 1 unspecified atom stereocenters. The molecule has 1 fully saturated rings. The molecule has 1 aromatic heterocycles. The molecule has 1 aliphatic rings. The molecule has 0 aliphatic carbocycles. The standard InChI is InChI=1S/C16H21N3O3S2/c1-2-18(14-8-9-24(20,21)11-14)12-19-16(23)22-15(17-19)10-13-6-4-3-5-7-13/h3-7,14H,2,8-12H2,1H3/p+1/t14-/m0/s1. The number of nitrogens with one attached hydrogen (secondary N) is 1. The van der Waals surface area contributed by atoms with Gasteiger partial charge in [0.15, 0.2) is 16.5 Å². The molecule has 2 aromatic rings. The molecule has 1 aliphatic heterocycles. The number of rotatable bonds is 6. The Balaban J connectivity index is 1.71. The van der Waals surface area contributed by atoms with E-state index in [0.717, 1.165) is 12.1 Å². The van der Waals surface area contributed by atoms with Gasteiger partial charge in [0.25, 0.3) is 4.84 Å². The van der Waals surface area contributed by atoms with Crippen LogP contribution in [0.1, 0.15) is 24.8 Å². The van der Waals surface area contributed by atoms with E-state index in [1.54, 1.807) is 4.68 Å². The van der Waals surface area contributed by atoms with E-state index in [2.05, 4.69) is 12.0 Å². The summed E-state index contributed by atoms with van der Waals surface area (Å²) in [4.78, 5) is 1.51. The minimum Gasteiger partial charge on any atom is -0.413 e. The molecule has 24 heavy (non-hydrogen) atoms. The van der Waals surface area contributed by atoms with Crippen molar-refractivity contribution in [3.63, 3.8) is 0 Å². The van der Waals surface area contributed by atoms with Crippen LogP contribution in [0.5, 0.6) is 0 Å². The van der Waals surface area contributed by atoms with Crippen molar-refractivity contribution >= 4 is 22.1 Å². The maximum absolute atomic E-state index is 11.7. The molecule has 3 rings (SSSR count). The van der Waals surface area contributed by atoms with Crippen molar-refractivity contribution in [2.45, 2.75) is 32.5 Å². The second-order valence-corrected chi connectivity index (χ2v) is 8.77. The van der Waals surface area contributed by atoms with Gasteiger partial charge in [-0.1, -0.05) is 30.3 Å². The van der Waals surface area contributed by atoms with E-state index < -0.39 is 9.84 Å². The number of hydrogen-bond donors (Lipinski definition) is 1. The molecule has 0 amide bonds. The van der Waals surface area contributed by atoms with Gasteiger partial charge >= 0.3 is 0 Å². The van der Waals surface area contributed by atoms with Gasteiger partial charge in [-0.3, -0.25) is 0 Å². The molecule has 1 N–H and O–H groups in total. The summed E-state index contributed by atoms with van der Waals surface area (Å²) in [6, 6.07) is 10.1. The predicted octanol–water partition coefficient (Wildman–Crippen LogP) is 0.846. The number of sulfone groups is 1. The van der Waals surface area contributed by atoms with E-state index in [4.69, 9.17) is 16.6 Å². The average Bonchev–Trinajstić information content (AvgIpc) is 3.08. The highest BCUT2D eigenvalue weighted by molar-refractivity contribution is 7.91. The predicted molar refractivity (Wildman–Crippen MR) is 93.1 cm³/mol. The van der Waals surface area contributed by atoms with Gasteiger partial charge in [-0.2, -0.15) is 4.68 Å². The van der Waals surface area contributed by atoms with Gasteiger partial charge < -0.3 is 9.32 Å². The van der Waals surface area contributed by atoms with Crippen LogP contribution < -0.4 is 4.90 Å². The Kier molecular flexibility index (Phi) is 5.17. The number of nitrogens with zero attached hydrogens (tertiary/aromatic N) is 2. The van der Waals surface area contributed by atoms with Gasteiger partial charge in [-0.25, -0.2) is 8.42 Å². The summed E-state index contributed by atoms with van der Waals surface area (Å²) < 4.78 is 30.7. The van der Waals surface area contributed by atoms with E-state index >= 15 is 0 Å². The molecular formula is C16H22N3O3S2+. The van der Waals surface area contributed by atoms with Crippen molar-refractivity contribution in [3.8, 4) is 0 Å². The molecule has 0 spiro atoms. The highest BCUT2D eigenvalue weighted by Gasteiger charge is 2.35. The van der Waals surface area contributed by atoms with Crippen molar-refractivity contribution in [2.24, 2.45) is 0 Å². The largest absolute Gasteiger partial charge is 0.413 e. The van der Waals surface area contributed by atoms with Crippen molar-refractivity contribution < 1.29 is 17.7 Å². The smallest absolute Gasteiger partial charge is 0.291 e. The van der Waals surface area contributed by atoms with Crippen LogP contribution in [-0.2, 0) is 22.9 Å². The molecule has 6 nitrogen and oxygen atoms in total. The summed E-state index contributed by atoms with van der Waals surface area (Å²) in [5.41, 5.74) is 1.11. The lowest BCUT2D eigenvalue weighted by Gasteiger charge is -2.22. The minimum atomic E-state index is -2.89. The number of benzene rings is 1. The molecule has 1 saturated heterocycles. The fraction of sp³-hybridized carbons (Fsp3) is 0.500.